The Hall–Kier alpha value is -2.25. The van der Waals surface area contributed by atoms with E-state index in [9.17, 15) is 13.2 Å². The number of nitrogens with one attached hydrogen (secondary N) is 1. The monoisotopic (exact) mass is 438 g/mol. The number of rotatable bonds is 10. The fourth-order valence-corrected chi connectivity index (χ4v) is 3.95. The van der Waals surface area contributed by atoms with Crippen molar-refractivity contribution in [2.75, 3.05) is 30.3 Å². The van der Waals surface area contributed by atoms with E-state index in [1.165, 1.54) is 4.31 Å². The summed E-state index contributed by atoms with van der Waals surface area (Å²) in [6, 6.07) is 12.6. The molecule has 1 amide bonds. The van der Waals surface area contributed by atoms with Crippen LogP contribution < -0.4 is 14.4 Å². The number of hydrogen-bond donors (Lipinski definition) is 1. The largest absolute Gasteiger partial charge is 0.491 e. The van der Waals surface area contributed by atoms with Crippen molar-refractivity contribution < 1.29 is 17.9 Å². The quantitative estimate of drug-likeness (QED) is 0.574. The van der Waals surface area contributed by atoms with Crippen LogP contribution in [0.4, 0.5) is 5.69 Å². The lowest BCUT2D eigenvalue weighted by Crippen LogP contribution is -2.32. The predicted octanol–water partition coefficient (Wildman–Crippen LogP) is 3.70. The second-order valence-electron chi connectivity index (χ2n) is 6.89. The summed E-state index contributed by atoms with van der Waals surface area (Å²) < 4.78 is 31.1. The lowest BCUT2D eigenvalue weighted by Gasteiger charge is -2.22. The Morgan fingerprint density at radius 2 is 1.93 bits per heavy atom. The van der Waals surface area contributed by atoms with Crippen LogP contribution in [-0.4, -0.2) is 40.3 Å². The number of ether oxygens (including phenoxy) is 1. The van der Waals surface area contributed by atoms with Gasteiger partial charge in [0.05, 0.1) is 18.5 Å². The van der Waals surface area contributed by atoms with E-state index in [-0.39, 0.29) is 18.9 Å². The predicted molar refractivity (Wildman–Crippen MR) is 117 cm³/mol. The molecule has 6 nitrogen and oxygen atoms in total. The van der Waals surface area contributed by atoms with Gasteiger partial charge in [-0.2, -0.15) is 0 Å². The molecular formula is C21H27ClN2O4S. The van der Waals surface area contributed by atoms with Gasteiger partial charge >= 0.3 is 0 Å². The van der Waals surface area contributed by atoms with Crippen LogP contribution in [0, 0.1) is 13.8 Å². The fraction of sp³-hybridized carbons (Fsp3) is 0.381. The van der Waals surface area contributed by atoms with Gasteiger partial charge in [-0.3, -0.25) is 9.10 Å². The first-order valence-electron chi connectivity index (χ1n) is 9.37. The van der Waals surface area contributed by atoms with Crippen LogP contribution >= 0.6 is 11.6 Å². The van der Waals surface area contributed by atoms with Gasteiger partial charge in [0, 0.05) is 18.0 Å². The maximum Gasteiger partial charge on any atom is 0.232 e. The standard InChI is InChI=1S/C21H27ClN2O4S/c1-16-9-10-17(2)20(14-16)28-13-11-23-21(25)8-5-12-24(29(3,26)27)19-7-4-6-18(22)15-19/h4,6-7,9-10,14-15H,5,8,11-13H2,1-3H3,(H,23,25). The van der Waals surface area contributed by atoms with Crippen LogP contribution in [-0.2, 0) is 14.8 Å². The molecule has 2 aromatic carbocycles. The first-order valence-corrected chi connectivity index (χ1v) is 11.6. The highest BCUT2D eigenvalue weighted by Crippen LogP contribution is 2.22. The molecule has 0 unspecified atom stereocenters. The van der Waals surface area contributed by atoms with E-state index in [0.29, 0.717) is 30.3 Å². The van der Waals surface area contributed by atoms with Crippen LogP contribution in [0.2, 0.25) is 5.02 Å². The minimum Gasteiger partial charge on any atom is -0.491 e. The van der Waals surface area contributed by atoms with Gasteiger partial charge in [0.25, 0.3) is 0 Å². The van der Waals surface area contributed by atoms with Crippen LogP contribution in [0.15, 0.2) is 42.5 Å². The van der Waals surface area contributed by atoms with Gasteiger partial charge in [0.1, 0.15) is 12.4 Å². The van der Waals surface area contributed by atoms with E-state index in [2.05, 4.69) is 5.32 Å². The molecular weight excluding hydrogens is 412 g/mol. The Morgan fingerprint density at radius 3 is 2.62 bits per heavy atom. The zero-order valence-corrected chi connectivity index (χ0v) is 18.5. The maximum atomic E-state index is 12.1. The first kappa shape index (κ1) is 23.0. The Morgan fingerprint density at radius 1 is 1.17 bits per heavy atom. The Labute approximate surface area is 177 Å². The molecule has 0 aliphatic carbocycles. The number of nitrogens with zero attached hydrogens (tertiary/aromatic N) is 1. The molecule has 0 aliphatic rings. The molecule has 0 aromatic heterocycles. The Kier molecular flexibility index (Phi) is 8.34. The lowest BCUT2D eigenvalue weighted by atomic mass is 10.1. The summed E-state index contributed by atoms with van der Waals surface area (Å²) in [4.78, 5) is 12.0. The SMILES string of the molecule is Cc1ccc(C)c(OCCNC(=O)CCCN(c2cccc(Cl)c2)S(C)(=O)=O)c1. The van der Waals surface area contributed by atoms with E-state index in [1.807, 2.05) is 32.0 Å². The molecule has 0 spiro atoms. The molecule has 2 aromatic rings. The summed E-state index contributed by atoms with van der Waals surface area (Å²) in [7, 11) is -3.47. The number of sulfonamides is 1. The first-order chi connectivity index (χ1) is 13.7. The van der Waals surface area contributed by atoms with Gasteiger partial charge in [0.2, 0.25) is 15.9 Å². The lowest BCUT2D eigenvalue weighted by molar-refractivity contribution is -0.121. The number of anilines is 1. The minimum atomic E-state index is -3.47. The van der Waals surface area contributed by atoms with Crippen molar-refractivity contribution in [1.29, 1.82) is 0 Å². The van der Waals surface area contributed by atoms with Crippen molar-refractivity contribution in [3.05, 3.63) is 58.6 Å². The van der Waals surface area contributed by atoms with E-state index < -0.39 is 10.0 Å². The third kappa shape index (κ3) is 7.59. The van der Waals surface area contributed by atoms with Crippen molar-refractivity contribution in [1.82, 2.24) is 5.32 Å². The average Bonchev–Trinajstić information content (AvgIpc) is 2.64. The second kappa shape index (κ2) is 10.5. The Bertz CT molecular complexity index is 947. The third-order valence-corrected chi connectivity index (χ3v) is 5.72. The van der Waals surface area contributed by atoms with Gasteiger partial charge in [-0.05, 0) is 55.7 Å². The summed E-state index contributed by atoms with van der Waals surface area (Å²) in [6.45, 7) is 4.92. The molecule has 158 valence electrons. The van der Waals surface area contributed by atoms with E-state index in [1.54, 1.807) is 24.3 Å². The van der Waals surface area contributed by atoms with E-state index >= 15 is 0 Å². The van der Waals surface area contributed by atoms with Gasteiger partial charge in [-0.15, -0.1) is 0 Å². The van der Waals surface area contributed by atoms with Crippen molar-refractivity contribution >= 4 is 33.2 Å². The molecule has 2 rings (SSSR count). The van der Waals surface area contributed by atoms with Crippen molar-refractivity contribution in [2.24, 2.45) is 0 Å². The highest BCUT2D eigenvalue weighted by molar-refractivity contribution is 7.92. The van der Waals surface area contributed by atoms with Gasteiger partial charge < -0.3 is 10.1 Å². The van der Waals surface area contributed by atoms with Crippen LogP contribution in [0.3, 0.4) is 0 Å². The Balaban J connectivity index is 1.77. The molecule has 0 saturated carbocycles. The molecule has 29 heavy (non-hydrogen) atoms. The van der Waals surface area contributed by atoms with Crippen LogP contribution in [0.25, 0.3) is 0 Å². The number of carbonyl (C=O) groups is 1. The topological polar surface area (TPSA) is 75.7 Å². The number of carbonyl (C=O) groups excluding carboxylic acids is 1. The number of amides is 1. The summed E-state index contributed by atoms with van der Waals surface area (Å²) in [5, 5.41) is 3.25. The number of halogens is 1. The van der Waals surface area contributed by atoms with Crippen LogP contribution in [0.5, 0.6) is 5.75 Å². The highest BCUT2D eigenvalue weighted by atomic mass is 35.5. The minimum absolute atomic E-state index is 0.144. The second-order valence-corrected chi connectivity index (χ2v) is 9.23. The summed E-state index contributed by atoms with van der Waals surface area (Å²) in [5.41, 5.74) is 2.65. The molecule has 0 aliphatic heterocycles. The molecule has 0 atom stereocenters. The maximum absolute atomic E-state index is 12.1. The number of hydrogen-bond acceptors (Lipinski definition) is 4. The van der Waals surface area contributed by atoms with Crippen molar-refractivity contribution in [3.63, 3.8) is 0 Å². The fourth-order valence-electron chi connectivity index (χ4n) is 2.80. The van der Waals surface area contributed by atoms with Gasteiger partial charge in [-0.25, -0.2) is 8.42 Å². The zero-order valence-electron chi connectivity index (χ0n) is 16.9. The third-order valence-electron chi connectivity index (χ3n) is 4.29. The van der Waals surface area contributed by atoms with E-state index in [0.717, 1.165) is 23.1 Å². The smallest absolute Gasteiger partial charge is 0.232 e. The van der Waals surface area contributed by atoms with Crippen molar-refractivity contribution in [2.45, 2.75) is 26.7 Å². The normalized spacial score (nSPS) is 11.2. The molecule has 0 fully saturated rings. The van der Waals surface area contributed by atoms with Crippen LogP contribution in [0.1, 0.15) is 24.0 Å². The molecule has 0 saturated heterocycles. The molecule has 0 heterocycles. The molecule has 1 N–H and O–H groups in total. The summed E-state index contributed by atoms with van der Waals surface area (Å²) in [6.07, 6.45) is 1.75. The van der Waals surface area contributed by atoms with E-state index in [4.69, 9.17) is 16.3 Å². The molecule has 0 radical (unpaired) electrons. The average molecular weight is 439 g/mol. The molecule has 0 bridgehead atoms. The highest BCUT2D eigenvalue weighted by Gasteiger charge is 2.17. The number of benzene rings is 2. The van der Waals surface area contributed by atoms with Gasteiger partial charge in [0.15, 0.2) is 0 Å². The summed E-state index contributed by atoms with van der Waals surface area (Å²) >= 11 is 5.96. The summed E-state index contributed by atoms with van der Waals surface area (Å²) in [5.74, 6) is 0.665. The zero-order chi connectivity index (χ0) is 21.4. The molecule has 8 heteroatoms. The number of aryl methyl sites for hydroxylation is 2. The van der Waals surface area contributed by atoms with Crippen molar-refractivity contribution in [3.8, 4) is 5.75 Å². The van der Waals surface area contributed by atoms with Gasteiger partial charge in [-0.1, -0.05) is 29.8 Å².